The molecule has 1 fully saturated rings. The lowest BCUT2D eigenvalue weighted by Gasteiger charge is -2.48. The van der Waals surface area contributed by atoms with E-state index in [4.69, 9.17) is 23.7 Å². The van der Waals surface area contributed by atoms with E-state index < -0.39 is 36.4 Å². The minimum atomic E-state index is -3.32. The topological polar surface area (TPSA) is 46.2 Å². The van der Waals surface area contributed by atoms with Crippen molar-refractivity contribution in [2.45, 2.75) is 122 Å². The molecule has 1 aromatic carbocycles. The van der Waals surface area contributed by atoms with Gasteiger partial charge in [0.2, 0.25) is 0 Å². The van der Waals surface area contributed by atoms with E-state index in [9.17, 15) is 0 Å². The van der Waals surface area contributed by atoms with Gasteiger partial charge in [-0.1, -0.05) is 75.4 Å². The molecule has 5 unspecified atom stereocenters. The maximum absolute atomic E-state index is 16.4. The van der Waals surface area contributed by atoms with Crippen LogP contribution in [0, 0.1) is 6.92 Å². The summed E-state index contributed by atoms with van der Waals surface area (Å²) in [6.07, 6.45) is 2.63. The molecule has 0 aliphatic carbocycles. The third-order valence-corrected chi connectivity index (χ3v) is 7.38. The minimum absolute atomic E-state index is 0.0712. The number of alkyl halides is 2. The van der Waals surface area contributed by atoms with Crippen LogP contribution in [0.5, 0.6) is 0 Å². The van der Waals surface area contributed by atoms with E-state index >= 15 is 8.78 Å². The molecule has 0 radical (unpaired) electrons. The maximum atomic E-state index is 16.4. The van der Waals surface area contributed by atoms with Gasteiger partial charge in [-0.25, -0.2) is 0 Å². The Morgan fingerprint density at radius 3 is 1.87 bits per heavy atom. The monoisotopic (exact) mass is 606 g/mol. The van der Waals surface area contributed by atoms with E-state index in [0.29, 0.717) is 32.0 Å². The normalized spacial score (nSPS) is 24.2. The molecule has 0 saturated carbocycles. The van der Waals surface area contributed by atoms with E-state index in [2.05, 4.69) is 36.7 Å². The summed E-state index contributed by atoms with van der Waals surface area (Å²) in [5.74, 6) is -3.32. The fourth-order valence-electron chi connectivity index (χ4n) is 4.61. The van der Waals surface area contributed by atoms with Crippen molar-refractivity contribution >= 4 is 15.9 Å². The summed E-state index contributed by atoms with van der Waals surface area (Å²) >= 11 is 3.39. The van der Waals surface area contributed by atoms with Crippen molar-refractivity contribution in [1.82, 2.24) is 0 Å². The Hall–Kier alpha value is -0.640. The van der Waals surface area contributed by atoms with E-state index in [1.165, 1.54) is 6.07 Å². The summed E-state index contributed by atoms with van der Waals surface area (Å²) < 4.78 is 64.7. The molecule has 2 rings (SSSR count). The summed E-state index contributed by atoms with van der Waals surface area (Å²) in [7, 11) is 0. The molecule has 0 amide bonds. The van der Waals surface area contributed by atoms with Crippen LogP contribution in [0.1, 0.15) is 90.2 Å². The van der Waals surface area contributed by atoms with Gasteiger partial charge in [0.05, 0.1) is 6.61 Å². The molecule has 1 aliphatic heterocycles. The highest BCUT2D eigenvalue weighted by molar-refractivity contribution is 9.10. The van der Waals surface area contributed by atoms with Gasteiger partial charge < -0.3 is 23.7 Å². The first-order valence-electron chi connectivity index (χ1n) is 14.5. The fraction of sp³-hybridized carbons (Fsp3) is 0.800. The molecule has 0 bridgehead atoms. The number of hydrogen-bond acceptors (Lipinski definition) is 5. The molecule has 1 heterocycles. The molecule has 1 saturated heterocycles. The number of ether oxygens (including phenoxy) is 5. The van der Waals surface area contributed by atoms with Crippen LogP contribution < -0.4 is 0 Å². The number of benzene rings is 1. The number of hydrogen-bond donors (Lipinski definition) is 0. The second-order valence-corrected chi connectivity index (χ2v) is 11.1. The molecule has 1 aliphatic rings. The van der Waals surface area contributed by atoms with Gasteiger partial charge in [-0.15, -0.1) is 0 Å². The third-order valence-electron chi connectivity index (χ3n) is 6.89. The highest BCUT2D eigenvalue weighted by atomic mass is 79.9. The summed E-state index contributed by atoms with van der Waals surface area (Å²) in [6, 6.07) is 4.81. The van der Waals surface area contributed by atoms with Gasteiger partial charge in [-0.3, -0.25) is 0 Å². The lowest BCUT2D eigenvalue weighted by molar-refractivity contribution is -0.308. The average Bonchev–Trinajstić information content (AvgIpc) is 2.88. The standard InChI is InChI=1S/C30H49BrF2O5/c1-6-10-16-34-21-25-26(35-17-11-7-2)27(36-18-12-8-3)28(37-19-13-9-4)29(38-25)30(32,33)24-15-14-23(31)20-22(24)5/h14-15,20,25-29H,6-13,16-19,21H2,1-5H3. The molecular weight excluding hydrogens is 558 g/mol. The number of aryl methyl sites for hydroxylation is 1. The fourth-order valence-corrected chi connectivity index (χ4v) is 5.08. The predicted octanol–water partition coefficient (Wildman–Crippen LogP) is 7.99. The molecule has 220 valence electrons. The lowest BCUT2D eigenvalue weighted by atomic mass is 9.87. The Morgan fingerprint density at radius 2 is 1.32 bits per heavy atom. The highest BCUT2D eigenvalue weighted by Gasteiger charge is 2.58. The second-order valence-electron chi connectivity index (χ2n) is 10.2. The van der Waals surface area contributed by atoms with Gasteiger partial charge in [0.1, 0.15) is 24.4 Å². The summed E-state index contributed by atoms with van der Waals surface area (Å²) in [5, 5.41) is 0. The summed E-state index contributed by atoms with van der Waals surface area (Å²) in [5.41, 5.74) is 0.416. The first-order valence-corrected chi connectivity index (χ1v) is 15.3. The van der Waals surface area contributed by atoms with Crippen molar-refractivity contribution in [3.63, 3.8) is 0 Å². The molecule has 38 heavy (non-hydrogen) atoms. The van der Waals surface area contributed by atoms with Crippen molar-refractivity contribution < 1.29 is 32.5 Å². The number of halogens is 3. The smallest absolute Gasteiger partial charge is 0.301 e. The maximum Gasteiger partial charge on any atom is 0.301 e. The van der Waals surface area contributed by atoms with E-state index in [1.54, 1.807) is 19.1 Å². The third kappa shape index (κ3) is 9.77. The Balaban J connectivity index is 2.50. The van der Waals surface area contributed by atoms with Crippen LogP contribution in [-0.4, -0.2) is 63.6 Å². The zero-order valence-electron chi connectivity index (χ0n) is 24.0. The molecule has 1 aromatic rings. The summed E-state index contributed by atoms with van der Waals surface area (Å²) in [6.45, 7) is 12.0. The van der Waals surface area contributed by atoms with E-state index in [1.807, 2.05) is 6.92 Å². The predicted molar refractivity (Wildman–Crippen MR) is 151 cm³/mol. The molecule has 5 nitrogen and oxygen atoms in total. The van der Waals surface area contributed by atoms with Crippen LogP contribution in [0.15, 0.2) is 22.7 Å². The van der Waals surface area contributed by atoms with Gasteiger partial charge in [-0.05, 0) is 50.3 Å². The van der Waals surface area contributed by atoms with Crippen LogP contribution in [0.4, 0.5) is 8.78 Å². The second kappa shape index (κ2) is 17.9. The largest absolute Gasteiger partial charge is 0.379 e. The summed E-state index contributed by atoms with van der Waals surface area (Å²) in [4.78, 5) is 0. The molecule has 8 heteroatoms. The van der Waals surface area contributed by atoms with Crippen molar-refractivity contribution in [1.29, 1.82) is 0 Å². The van der Waals surface area contributed by atoms with Gasteiger partial charge in [-0.2, -0.15) is 8.78 Å². The molecule has 5 atom stereocenters. The van der Waals surface area contributed by atoms with Crippen LogP contribution in [-0.2, 0) is 29.6 Å². The quantitative estimate of drug-likeness (QED) is 0.149. The van der Waals surface area contributed by atoms with Crippen molar-refractivity contribution in [3.8, 4) is 0 Å². The van der Waals surface area contributed by atoms with Gasteiger partial charge in [0.25, 0.3) is 0 Å². The van der Waals surface area contributed by atoms with Gasteiger partial charge in [0, 0.05) is 36.5 Å². The van der Waals surface area contributed by atoms with Crippen molar-refractivity contribution in [2.75, 3.05) is 33.0 Å². The lowest BCUT2D eigenvalue weighted by Crippen LogP contribution is -2.65. The van der Waals surface area contributed by atoms with Crippen LogP contribution >= 0.6 is 15.9 Å². The van der Waals surface area contributed by atoms with Gasteiger partial charge in [0.15, 0.2) is 6.10 Å². The Morgan fingerprint density at radius 1 is 0.789 bits per heavy atom. The van der Waals surface area contributed by atoms with Crippen molar-refractivity contribution in [2.24, 2.45) is 0 Å². The van der Waals surface area contributed by atoms with Gasteiger partial charge >= 0.3 is 5.92 Å². The Bertz CT molecular complexity index is 781. The van der Waals surface area contributed by atoms with Crippen LogP contribution in [0.3, 0.4) is 0 Å². The van der Waals surface area contributed by atoms with Crippen LogP contribution in [0.2, 0.25) is 0 Å². The SMILES string of the molecule is CCCCOCC1OC(C(F)(F)c2ccc(Br)cc2C)C(OCCCC)C(OCCCC)C1OCCCC. The molecule has 0 N–H and O–H groups in total. The van der Waals surface area contributed by atoms with E-state index in [0.717, 1.165) is 55.8 Å². The average molecular weight is 608 g/mol. The first-order chi connectivity index (χ1) is 18.3. The Kier molecular flexibility index (Phi) is 15.8. The number of rotatable bonds is 19. The van der Waals surface area contributed by atoms with E-state index in [-0.39, 0.29) is 12.2 Å². The Labute approximate surface area is 237 Å². The van der Waals surface area contributed by atoms with Crippen molar-refractivity contribution in [3.05, 3.63) is 33.8 Å². The molecule has 0 aromatic heterocycles. The zero-order valence-corrected chi connectivity index (χ0v) is 25.6. The highest BCUT2D eigenvalue weighted by Crippen LogP contribution is 2.43. The first kappa shape index (κ1) is 33.6. The molecule has 0 spiro atoms. The minimum Gasteiger partial charge on any atom is -0.379 e. The zero-order chi connectivity index (χ0) is 28.0. The van der Waals surface area contributed by atoms with Crippen LogP contribution in [0.25, 0.3) is 0 Å². The molecular formula is C30H49BrF2O5. The number of unbranched alkanes of at least 4 members (excludes halogenated alkanes) is 4.